The zero-order valence-corrected chi connectivity index (χ0v) is 14.6. The minimum absolute atomic E-state index is 0.0563. The Morgan fingerprint density at radius 2 is 1.92 bits per heavy atom. The van der Waals surface area contributed by atoms with Gasteiger partial charge in [0.25, 0.3) is 0 Å². The lowest BCUT2D eigenvalue weighted by Crippen LogP contribution is -2.25. The maximum atomic E-state index is 5.32. The summed E-state index contributed by atoms with van der Waals surface area (Å²) in [6.07, 6.45) is 4.88. The predicted molar refractivity (Wildman–Crippen MR) is 101 cm³/mol. The van der Waals surface area contributed by atoms with E-state index in [1.54, 1.807) is 13.4 Å². The van der Waals surface area contributed by atoms with Crippen molar-refractivity contribution in [2.24, 2.45) is 0 Å². The van der Waals surface area contributed by atoms with Crippen LogP contribution in [0.1, 0.15) is 35.6 Å². The summed E-state index contributed by atoms with van der Waals surface area (Å²) in [6, 6.07) is 17.0. The van der Waals surface area contributed by atoms with Crippen LogP contribution in [0.25, 0.3) is 5.70 Å². The van der Waals surface area contributed by atoms with E-state index in [1.807, 2.05) is 16.8 Å². The first kappa shape index (κ1) is 15.2. The van der Waals surface area contributed by atoms with Crippen LogP contribution < -0.4 is 10.1 Å². The van der Waals surface area contributed by atoms with Gasteiger partial charge >= 0.3 is 0 Å². The molecule has 0 saturated carbocycles. The average molecular weight is 344 g/mol. The van der Waals surface area contributed by atoms with E-state index >= 15 is 0 Å². The number of methoxy groups -OCH3 is 1. The molecule has 1 atom stereocenters. The molecular weight excluding hydrogens is 324 g/mol. The largest absolute Gasteiger partial charge is 0.497 e. The van der Waals surface area contributed by atoms with Gasteiger partial charge in [0.05, 0.1) is 12.8 Å². The summed E-state index contributed by atoms with van der Waals surface area (Å²) in [5.74, 6) is 1.66. The maximum Gasteiger partial charge on any atom is 0.226 e. The average Bonchev–Trinajstić information content (AvgIpc) is 3.08. The zero-order valence-electron chi connectivity index (χ0n) is 14.6. The Kier molecular flexibility index (Phi) is 3.52. The van der Waals surface area contributed by atoms with E-state index in [1.165, 1.54) is 28.0 Å². The van der Waals surface area contributed by atoms with Crippen LogP contribution in [-0.2, 0) is 6.42 Å². The van der Waals surface area contributed by atoms with Crippen molar-refractivity contribution in [1.82, 2.24) is 14.8 Å². The summed E-state index contributed by atoms with van der Waals surface area (Å²) >= 11 is 0. The first-order valence-electron chi connectivity index (χ1n) is 8.97. The Morgan fingerprint density at radius 1 is 1.08 bits per heavy atom. The maximum absolute atomic E-state index is 5.32. The minimum atomic E-state index is 0.0563. The van der Waals surface area contributed by atoms with E-state index in [0.717, 1.165) is 31.0 Å². The van der Waals surface area contributed by atoms with Crippen molar-refractivity contribution in [3.63, 3.8) is 0 Å². The van der Waals surface area contributed by atoms with Gasteiger partial charge in [0, 0.05) is 5.56 Å². The fourth-order valence-electron chi connectivity index (χ4n) is 4.09. The molecule has 5 heteroatoms. The van der Waals surface area contributed by atoms with Gasteiger partial charge in [-0.05, 0) is 48.1 Å². The van der Waals surface area contributed by atoms with Crippen LogP contribution >= 0.6 is 0 Å². The van der Waals surface area contributed by atoms with Gasteiger partial charge in [-0.2, -0.15) is 10.1 Å². The number of hydrogen-bond donors (Lipinski definition) is 1. The molecule has 1 N–H and O–H groups in total. The van der Waals surface area contributed by atoms with Crippen LogP contribution in [0.3, 0.4) is 0 Å². The Hall–Kier alpha value is -3.08. The summed E-state index contributed by atoms with van der Waals surface area (Å²) in [7, 11) is 1.69. The van der Waals surface area contributed by atoms with Crippen molar-refractivity contribution < 1.29 is 4.74 Å². The molecule has 5 nitrogen and oxygen atoms in total. The van der Waals surface area contributed by atoms with Crippen LogP contribution in [0.4, 0.5) is 5.95 Å². The van der Waals surface area contributed by atoms with Crippen molar-refractivity contribution in [2.45, 2.75) is 25.3 Å². The Bertz CT molecular complexity index is 987. The van der Waals surface area contributed by atoms with Crippen molar-refractivity contribution in [3.05, 3.63) is 77.1 Å². The van der Waals surface area contributed by atoms with Crippen LogP contribution in [0.5, 0.6) is 5.75 Å². The number of nitrogens with one attached hydrogen (secondary N) is 1. The van der Waals surface area contributed by atoms with Crippen LogP contribution in [0.2, 0.25) is 0 Å². The van der Waals surface area contributed by atoms with Crippen molar-refractivity contribution in [2.75, 3.05) is 12.4 Å². The Morgan fingerprint density at radius 3 is 2.77 bits per heavy atom. The lowest BCUT2D eigenvalue weighted by Gasteiger charge is -2.30. The number of benzene rings is 2. The lowest BCUT2D eigenvalue weighted by molar-refractivity contribution is 0.414. The number of aromatic nitrogens is 3. The summed E-state index contributed by atoms with van der Waals surface area (Å²) in [5.41, 5.74) is 6.45. The highest BCUT2D eigenvalue weighted by Gasteiger charge is 2.32. The van der Waals surface area contributed by atoms with E-state index < -0.39 is 0 Å². The molecule has 0 spiro atoms. The number of rotatable bonds is 2. The molecule has 3 aromatic rings. The van der Waals surface area contributed by atoms with Crippen LogP contribution in [-0.4, -0.2) is 21.9 Å². The van der Waals surface area contributed by atoms with Gasteiger partial charge in [-0.15, -0.1) is 0 Å². The van der Waals surface area contributed by atoms with E-state index in [4.69, 9.17) is 4.74 Å². The summed E-state index contributed by atoms with van der Waals surface area (Å²) in [5, 5.41) is 8.05. The molecule has 0 saturated heterocycles. The SMILES string of the molecule is COc1ccc([C@@H]2C3=C(Nc4ncnn42)c2ccccc2CCC3)cc1. The first-order valence-corrected chi connectivity index (χ1v) is 8.97. The molecule has 0 radical (unpaired) electrons. The highest BCUT2D eigenvalue weighted by molar-refractivity contribution is 5.82. The quantitative estimate of drug-likeness (QED) is 0.762. The standard InChI is InChI=1S/C21H20N4O/c1-26-16-11-9-15(10-12-16)20-18-8-4-6-14-5-2-3-7-17(14)19(18)24-21-22-13-23-25(20)21/h2-3,5,7,9-13,20H,4,6,8H2,1H3,(H,22,23,24)/t20-/m1/s1. The van der Waals surface area contributed by atoms with E-state index in [-0.39, 0.29) is 6.04 Å². The highest BCUT2D eigenvalue weighted by Crippen LogP contribution is 2.43. The molecule has 2 aliphatic rings. The normalized spacial score (nSPS) is 18.3. The van der Waals surface area contributed by atoms with E-state index in [0.29, 0.717) is 0 Å². The van der Waals surface area contributed by atoms with Crippen LogP contribution in [0, 0.1) is 0 Å². The number of anilines is 1. The fraction of sp³-hybridized carbons (Fsp3) is 0.238. The van der Waals surface area contributed by atoms with Crippen molar-refractivity contribution >= 4 is 11.6 Å². The predicted octanol–water partition coefficient (Wildman–Crippen LogP) is 4.05. The van der Waals surface area contributed by atoms with E-state index in [9.17, 15) is 0 Å². The molecule has 0 amide bonds. The molecule has 26 heavy (non-hydrogen) atoms. The number of allylic oxidation sites excluding steroid dienone is 1. The van der Waals surface area contributed by atoms with Gasteiger partial charge in [-0.1, -0.05) is 36.4 Å². The van der Waals surface area contributed by atoms with Gasteiger partial charge in [-0.25, -0.2) is 4.68 Å². The summed E-state index contributed by atoms with van der Waals surface area (Å²) in [6.45, 7) is 0. The molecule has 0 fully saturated rings. The number of aryl methyl sites for hydroxylation is 1. The summed E-state index contributed by atoms with van der Waals surface area (Å²) in [4.78, 5) is 4.44. The number of fused-ring (bicyclic) bond motifs is 3. The van der Waals surface area contributed by atoms with Gasteiger partial charge in [0.2, 0.25) is 5.95 Å². The van der Waals surface area contributed by atoms with E-state index in [2.05, 4.69) is 51.8 Å². The third-order valence-corrected chi connectivity index (χ3v) is 5.32. The van der Waals surface area contributed by atoms with Gasteiger partial charge < -0.3 is 10.1 Å². The summed E-state index contributed by atoms with van der Waals surface area (Å²) < 4.78 is 7.32. The molecule has 0 bridgehead atoms. The molecular formula is C21H20N4O. The molecule has 2 heterocycles. The molecule has 130 valence electrons. The zero-order chi connectivity index (χ0) is 17.5. The molecule has 1 aromatic heterocycles. The molecule has 0 unspecified atom stereocenters. The molecule has 2 aromatic carbocycles. The van der Waals surface area contributed by atoms with Gasteiger partial charge in [-0.3, -0.25) is 0 Å². The lowest BCUT2D eigenvalue weighted by atomic mass is 9.91. The van der Waals surface area contributed by atoms with Crippen molar-refractivity contribution in [3.8, 4) is 5.75 Å². The second kappa shape index (κ2) is 6.02. The second-order valence-corrected chi connectivity index (χ2v) is 6.74. The fourth-order valence-corrected chi connectivity index (χ4v) is 4.09. The third-order valence-electron chi connectivity index (χ3n) is 5.32. The molecule has 5 rings (SSSR count). The van der Waals surface area contributed by atoms with Gasteiger partial charge in [0.15, 0.2) is 0 Å². The van der Waals surface area contributed by atoms with Crippen LogP contribution in [0.15, 0.2) is 60.4 Å². The second-order valence-electron chi connectivity index (χ2n) is 6.74. The van der Waals surface area contributed by atoms with Gasteiger partial charge in [0.1, 0.15) is 18.1 Å². The third kappa shape index (κ3) is 2.31. The molecule has 1 aliphatic carbocycles. The van der Waals surface area contributed by atoms with Crippen molar-refractivity contribution in [1.29, 1.82) is 0 Å². The topological polar surface area (TPSA) is 52.0 Å². The Balaban J connectivity index is 1.70. The smallest absolute Gasteiger partial charge is 0.226 e. The first-order chi connectivity index (χ1) is 12.8. The number of hydrogen-bond acceptors (Lipinski definition) is 4. The Labute approximate surface area is 152 Å². The minimum Gasteiger partial charge on any atom is -0.497 e. The monoisotopic (exact) mass is 344 g/mol. The molecule has 1 aliphatic heterocycles. The number of ether oxygens (including phenoxy) is 1. The highest BCUT2D eigenvalue weighted by atomic mass is 16.5. The number of nitrogens with zero attached hydrogens (tertiary/aromatic N) is 3.